The number of hydrogen-bond donors (Lipinski definition) is 2. The molecule has 2 aromatic rings. The standard InChI is InChI=1S/C31H42N4O4S/c1-21-9-11-24(12-10-21)30(37)35-19-25(16-27(35)29(36)33-18-23-6-2-5-22(15-23)17-32)34(20-26-7-3-13-39-26)31(38)28-8-4-14-40-28/h4,8-12,14,22-23,25-27H,2-3,5-7,13,15-20,32H2,1H3,(H,33,36). The van der Waals surface area contributed by atoms with Crippen LogP contribution in [0.15, 0.2) is 41.8 Å². The zero-order chi connectivity index (χ0) is 28.1. The Morgan fingerprint density at radius 1 is 1.07 bits per heavy atom. The first-order valence-electron chi connectivity index (χ1n) is 14.7. The number of ether oxygens (including phenoxy) is 1. The predicted molar refractivity (Wildman–Crippen MR) is 156 cm³/mol. The molecule has 3 amide bonds. The molecule has 9 heteroatoms. The minimum Gasteiger partial charge on any atom is -0.376 e. The first-order valence-corrected chi connectivity index (χ1v) is 15.6. The molecule has 1 aliphatic carbocycles. The number of nitrogens with one attached hydrogen (secondary N) is 1. The second-order valence-corrected chi connectivity index (χ2v) is 12.6. The first-order chi connectivity index (χ1) is 19.4. The average Bonchev–Trinajstić information content (AvgIpc) is 3.77. The summed E-state index contributed by atoms with van der Waals surface area (Å²) < 4.78 is 5.90. The van der Waals surface area contributed by atoms with Gasteiger partial charge in [-0.25, -0.2) is 0 Å². The third kappa shape index (κ3) is 6.75. The summed E-state index contributed by atoms with van der Waals surface area (Å²) in [6, 6.07) is 10.2. The number of carbonyl (C=O) groups is 3. The smallest absolute Gasteiger partial charge is 0.264 e. The van der Waals surface area contributed by atoms with Crippen LogP contribution in [0.4, 0.5) is 0 Å². The van der Waals surface area contributed by atoms with Gasteiger partial charge in [-0.2, -0.15) is 0 Å². The molecule has 3 heterocycles. The number of nitrogens with two attached hydrogens (primary N) is 1. The molecule has 3 aliphatic rings. The minimum atomic E-state index is -0.643. The molecule has 5 unspecified atom stereocenters. The highest BCUT2D eigenvalue weighted by molar-refractivity contribution is 7.12. The Labute approximate surface area is 241 Å². The number of rotatable bonds is 9. The fourth-order valence-corrected chi connectivity index (χ4v) is 7.17. The molecule has 5 rings (SSSR count). The van der Waals surface area contributed by atoms with Crippen molar-refractivity contribution in [2.45, 2.75) is 70.1 Å². The van der Waals surface area contributed by atoms with Crippen LogP contribution in [0.3, 0.4) is 0 Å². The van der Waals surface area contributed by atoms with E-state index in [1.165, 1.54) is 11.3 Å². The number of hydrogen-bond acceptors (Lipinski definition) is 6. The Morgan fingerprint density at radius 2 is 1.88 bits per heavy atom. The number of likely N-dealkylation sites (tertiary alicyclic amines) is 1. The summed E-state index contributed by atoms with van der Waals surface area (Å²) in [7, 11) is 0. The lowest BCUT2D eigenvalue weighted by Gasteiger charge is -2.31. The topological polar surface area (TPSA) is 105 Å². The molecule has 0 radical (unpaired) electrons. The molecule has 1 saturated carbocycles. The van der Waals surface area contributed by atoms with E-state index in [2.05, 4.69) is 5.32 Å². The number of thiophene rings is 1. The molecule has 5 atom stereocenters. The van der Waals surface area contributed by atoms with Crippen LogP contribution in [0.25, 0.3) is 0 Å². The molecular formula is C31H42N4O4S. The molecule has 1 aromatic heterocycles. The van der Waals surface area contributed by atoms with E-state index >= 15 is 0 Å². The van der Waals surface area contributed by atoms with Gasteiger partial charge in [0, 0.05) is 31.8 Å². The molecule has 2 saturated heterocycles. The molecule has 0 spiro atoms. The Balaban J connectivity index is 1.36. The van der Waals surface area contributed by atoms with E-state index in [0.717, 1.165) is 44.1 Å². The maximum atomic E-state index is 13.8. The number of nitrogens with zero attached hydrogens (tertiary/aromatic N) is 2. The van der Waals surface area contributed by atoms with Crippen molar-refractivity contribution in [3.63, 3.8) is 0 Å². The molecule has 3 fully saturated rings. The van der Waals surface area contributed by atoms with Crippen LogP contribution in [-0.2, 0) is 9.53 Å². The first kappa shape index (κ1) is 28.8. The van der Waals surface area contributed by atoms with E-state index in [4.69, 9.17) is 10.5 Å². The average molecular weight is 567 g/mol. The van der Waals surface area contributed by atoms with E-state index in [1.54, 1.807) is 4.90 Å². The second-order valence-electron chi connectivity index (χ2n) is 11.7. The summed E-state index contributed by atoms with van der Waals surface area (Å²) in [6.07, 6.45) is 6.66. The van der Waals surface area contributed by atoms with Gasteiger partial charge in [-0.1, -0.05) is 30.2 Å². The molecule has 3 N–H and O–H groups in total. The lowest BCUT2D eigenvalue weighted by atomic mass is 9.81. The summed E-state index contributed by atoms with van der Waals surface area (Å²) in [5, 5.41) is 5.07. The Morgan fingerprint density at radius 3 is 2.58 bits per heavy atom. The minimum absolute atomic E-state index is 0.0279. The summed E-state index contributed by atoms with van der Waals surface area (Å²) in [6.45, 7) is 4.74. The van der Waals surface area contributed by atoms with Crippen LogP contribution in [0.2, 0.25) is 0 Å². The molecular weight excluding hydrogens is 524 g/mol. The van der Waals surface area contributed by atoms with Crippen molar-refractivity contribution in [3.8, 4) is 0 Å². The summed E-state index contributed by atoms with van der Waals surface area (Å²) >= 11 is 1.41. The van der Waals surface area contributed by atoms with Crippen LogP contribution < -0.4 is 11.1 Å². The van der Waals surface area contributed by atoms with Crippen molar-refractivity contribution >= 4 is 29.1 Å². The number of carbonyl (C=O) groups excluding carboxylic acids is 3. The van der Waals surface area contributed by atoms with E-state index in [-0.39, 0.29) is 29.9 Å². The maximum absolute atomic E-state index is 13.8. The zero-order valence-corrected chi connectivity index (χ0v) is 24.2. The molecule has 2 aliphatic heterocycles. The molecule has 40 heavy (non-hydrogen) atoms. The number of amides is 3. The van der Waals surface area contributed by atoms with Gasteiger partial charge in [0.25, 0.3) is 11.8 Å². The zero-order valence-electron chi connectivity index (χ0n) is 23.4. The molecule has 0 bridgehead atoms. The number of benzene rings is 1. The Bertz CT molecular complexity index is 1150. The van der Waals surface area contributed by atoms with Gasteiger partial charge in [-0.05, 0) is 87.4 Å². The van der Waals surface area contributed by atoms with E-state index in [9.17, 15) is 14.4 Å². The van der Waals surface area contributed by atoms with Gasteiger partial charge < -0.3 is 25.6 Å². The second kappa shape index (κ2) is 13.3. The highest BCUT2D eigenvalue weighted by atomic mass is 32.1. The van der Waals surface area contributed by atoms with Gasteiger partial charge in [0.1, 0.15) is 6.04 Å². The van der Waals surface area contributed by atoms with E-state index in [1.807, 2.05) is 53.6 Å². The van der Waals surface area contributed by atoms with Crippen molar-refractivity contribution in [2.75, 3.05) is 32.8 Å². The third-order valence-corrected chi connectivity index (χ3v) is 9.65. The number of aryl methyl sites for hydroxylation is 1. The highest BCUT2D eigenvalue weighted by Crippen LogP contribution is 2.30. The van der Waals surface area contributed by atoms with Crippen molar-refractivity contribution in [1.82, 2.24) is 15.1 Å². The summed E-state index contributed by atoms with van der Waals surface area (Å²) in [5.41, 5.74) is 7.55. The summed E-state index contributed by atoms with van der Waals surface area (Å²) in [5.74, 6) is 0.541. The van der Waals surface area contributed by atoms with Crippen LogP contribution in [0, 0.1) is 18.8 Å². The van der Waals surface area contributed by atoms with Crippen molar-refractivity contribution in [1.29, 1.82) is 0 Å². The maximum Gasteiger partial charge on any atom is 0.264 e. The van der Waals surface area contributed by atoms with Gasteiger partial charge in [-0.3, -0.25) is 14.4 Å². The third-order valence-electron chi connectivity index (χ3n) is 8.79. The van der Waals surface area contributed by atoms with Crippen molar-refractivity contribution < 1.29 is 19.1 Å². The Kier molecular flexibility index (Phi) is 9.55. The highest BCUT2D eigenvalue weighted by Gasteiger charge is 2.44. The molecule has 1 aromatic carbocycles. The fraction of sp³-hybridized carbons (Fsp3) is 0.581. The van der Waals surface area contributed by atoms with Gasteiger partial charge in [0.05, 0.1) is 17.0 Å². The van der Waals surface area contributed by atoms with Gasteiger partial charge >= 0.3 is 0 Å². The van der Waals surface area contributed by atoms with Gasteiger partial charge in [-0.15, -0.1) is 11.3 Å². The van der Waals surface area contributed by atoms with Crippen LogP contribution in [-0.4, -0.2) is 78.5 Å². The van der Waals surface area contributed by atoms with Crippen molar-refractivity contribution in [2.24, 2.45) is 17.6 Å². The monoisotopic (exact) mass is 566 g/mol. The van der Waals surface area contributed by atoms with Crippen LogP contribution >= 0.6 is 11.3 Å². The van der Waals surface area contributed by atoms with E-state index in [0.29, 0.717) is 61.5 Å². The SMILES string of the molecule is Cc1ccc(C(=O)N2CC(N(CC3CCCO3)C(=O)c3cccs3)CC2C(=O)NCC2CCCC(CN)C2)cc1. The lowest BCUT2D eigenvalue weighted by molar-refractivity contribution is -0.125. The van der Waals surface area contributed by atoms with Crippen LogP contribution in [0.1, 0.15) is 70.5 Å². The lowest BCUT2D eigenvalue weighted by Crippen LogP contribution is -2.47. The largest absolute Gasteiger partial charge is 0.376 e. The van der Waals surface area contributed by atoms with Gasteiger partial charge in [0.2, 0.25) is 5.91 Å². The summed E-state index contributed by atoms with van der Waals surface area (Å²) in [4.78, 5) is 45.4. The molecule has 216 valence electrons. The normalized spacial score (nSPS) is 26.6. The molecule has 8 nitrogen and oxygen atoms in total. The van der Waals surface area contributed by atoms with Crippen molar-refractivity contribution in [3.05, 3.63) is 57.8 Å². The van der Waals surface area contributed by atoms with Gasteiger partial charge in [0.15, 0.2) is 0 Å². The predicted octanol–water partition coefficient (Wildman–Crippen LogP) is 3.84. The fourth-order valence-electron chi connectivity index (χ4n) is 6.49. The Hall–Kier alpha value is -2.75. The van der Waals surface area contributed by atoms with E-state index < -0.39 is 6.04 Å². The van der Waals surface area contributed by atoms with Crippen LogP contribution in [0.5, 0.6) is 0 Å². The quantitative estimate of drug-likeness (QED) is 0.480.